The quantitative estimate of drug-likeness (QED) is 0.562. The van der Waals surface area contributed by atoms with Crippen LogP contribution in [0.4, 0.5) is 0 Å². The average molecular weight is 437 g/mol. The molecule has 0 aromatic heterocycles. The van der Waals surface area contributed by atoms with Crippen LogP contribution >= 0.6 is 12.6 Å². The predicted molar refractivity (Wildman–Crippen MR) is 118 cm³/mol. The molecule has 0 aliphatic rings. The Morgan fingerprint density at radius 3 is 2.24 bits per heavy atom. The summed E-state index contributed by atoms with van der Waals surface area (Å²) in [5.41, 5.74) is 0.803. The zero-order valence-electron chi connectivity index (χ0n) is 16.9. The number of thiol groups is 1. The standard InChI is InChI=1S/C21H28N2O4S2/c1-16(2)20(21(24)22-13-14-28)23(15-17-7-5-4-6-8-17)29(25,26)19-11-9-18(27-3)10-12-19/h4-12,16,20,28H,13-15H2,1-3H3,(H,22,24)/t20-/m1/s1. The van der Waals surface area contributed by atoms with Gasteiger partial charge in [-0.3, -0.25) is 4.79 Å². The van der Waals surface area contributed by atoms with Gasteiger partial charge in [-0.2, -0.15) is 16.9 Å². The van der Waals surface area contributed by atoms with Crippen molar-refractivity contribution >= 4 is 28.6 Å². The van der Waals surface area contributed by atoms with E-state index in [1.807, 2.05) is 44.2 Å². The monoisotopic (exact) mass is 436 g/mol. The number of rotatable bonds is 10. The average Bonchev–Trinajstić information content (AvgIpc) is 2.72. The topological polar surface area (TPSA) is 75.7 Å². The SMILES string of the molecule is COc1ccc(S(=O)(=O)N(Cc2ccccc2)[C@@H](C(=O)NCCS)C(C)C)cc1. The molecule has 8 heteroatoms. The molecule has 2 aromatic rings. The number of hydrogen-bond acceptors (Lipinski definition) is 5. The molecule has 1 N–H and O–H groups in total. The Labute approximate surface area is 178 Å². The summed E-state index contributed by atoms with van der Waals surface area (Å²) in [5, 5.41) is 2.78. The molecule has 0 saturated heterocycles. The van der Waals surface area contributed by atoms with Gasteiger partial charge >= 0.3 is 0 Å². The lowest BCUT2D eigenvalue weighted by atomic mass is 10.0. The van der Waals surface area contributed by atoms with E-state index in [0.717, 1.165) is 5.56 Å². The van der Waals surface area contributed by atoms with E-state index >= 15 is 0 Å². The molecule has 0 aliphatic carbocycles. The summed E-state index contributed by atoms with van der Waals surface area (Å²) >= 11 is 4.12. The van der Waals surface area contributed by atoms with Crippen LogP contribution in [0.5, 0.6) is 5.75 Å². The highest BCUT2D eigenvalue weighted by Gasteiger charge is 2.37. The third-order valence-electron chi connectivity index (χ3n) is 4.47. The summed E-state index contributed by atoms with van der Waals surface area (Å²) in [6.07, 6.45) is 0. The van der Waals surface area contributed by atoms with Gasteiger partial charge in [0.2, 0.25) is 15.9 Å². The number of nitrogens with zero attached hydrogens (tertiary/aromatic N) is 1. The highest BCUT2D eigenvalue weighted by Crippen LogP contribution is 2.26. The van der Waals surface area contributed by atoms with Gasteiger partial charge in [0.15, 0.2) is 0 Å². The lowest BCUT2D eigenvalue weighted by Gasteiger charge is -2.32. The summed E-state index contributed by atoms with van der Waals surface area (Å²) in [5.74, 6) is 0.472. The molecule has 0 unspecified atom stereocenters. The van der Waals surface area contributed by atoms with Crippen molar-refractivity contribution in [3.63, 3.8) is 0 Å². The maximum atomic E-state index is 13.6. The van der Waals surface area contributed by atoms with Gasteiger partial charge in [-0.05, 0) is 35.7 Å². The molecule has 0 fully saturated rings. The molecule has 0 saturated carbocycles. The van der Waals surface area contributed by atoms with Gasteiger partial charge < -0.3 is 10.1 Å². The van der Waals surface area contributed by atoms with E-state index in [2.05, 4.69) is 17.9 Å². The molecule has 0 aliphatic heterocycles. The van der Waals surface area contributed by atoms with Crippen LogP contribution in [0.15, 0.2) is 59.5 Å². The highest BCUT2D eigenvalue weighted by molar-refractivity contribution is 7.89. The fourth-order valence-corrected chi connectivity index (χ4v) is 4.85. The Morgan fingerprint density at radius 2 is 1.72 bits per heavy atom. The van der Waals surface area contributed by atoms with Crippen LogP contribution in [-0.2, 0) is 21.4 Å². The summed E-state index contributed by atoms with van der Waals surface area (Å²) < 4.78 is 33.5. The molecule has 29 heavy (non-hydrogen) atoms. The zero-order chi connectivity index (χ0) is 21.4. The molecule has 0 bridgehead atoms. The van der Waals surface area contributed by atoms with Crippen LogP contribution in [0.2, 0.25) is 0 Å². The Kier molecular flexibility index (Phi) is 8.55. The second-order valence-electron chi connectivity index (χ2n) is 6.91. The third-order valence-corrected chi connectivity index (χ3v) is 6.53. The largest absolute Gasteiger partial charge is 0.497 e. The third kappa shape index (κ3) is 5.98. The van der Waals surface area contributed by atoms with E-state index in [0.29, 0.717) is 18.0 Å². The van der Waals surface area contributed by atoms with Crippen LogP contribution < -0.4 is 10.1 Å². The number of nitrogens with one attached hydrogen (secondary N) is 1. The van der Waals surface area contributed by atoms with Crippen molar-refractivity contribution in [1.82, 2.24) is 9.62 Å². The Bertz CT molecular complexity index is 885. The van der Waals surface area contributed by atoms with E-state index in [1.54, 1.807) is 12.1 Å². The van der Waals surface area contributed by atoms with Crippen molar-refractivity contribution in [2.45, 2.75) is 31.3 Å². The van der Waals surface area contributed by atoms with E-state index in [4.69, 9.17) is 4.74 Å². The lowest BCUT2D eigenvalue weighted by molar-refractivity contribution is -0.126. The van der Waals surface area contributed by atoms with Gasteiger partial charge in [-0.15, -0.1) is 0 Å². The van der Waals surface area contributed by atoms with Gasteiger partial charge in [0.1, 0.15) is 11.8 Å². The number of carbonyl (C=O) groups is 1. The van der Waals surface area contributed by atoms with Crippen molar-refractivity contribution in [2.75, 3.05) is 19.4 Å². The molecule has 0 heterocycles. The van der Waals surface area contributed by atoms with E-state index in [1.165, 1.54) is 23.5 Å². The Hall–Kier alpha value is -2.03. The van der Waals surface area contributed by atoms with Crippen LogP contribution in [0.3, 0.4) is 0 Å². The molecule has 6 nitrogen and oxygen atoms in total. The van der Waals surface area contributed by atoms with Crippen LogP contribution in [0.25, 0.3) is 0 Å². The molecular formula is C21H28N2O4S2. The van der Waals surface area contributed by atoms with Crippen molar-refractivity contribution in [1.29, 1.82) is 0 Å². The summed E-state index contributed by atoms with van der Waals surface area (Å²) in [7, 11) is -2.42. The molecular weight excluding hydrogens is 408 g/mol. The number of hydrogen-bond donors (Lipinski definition) is 2. The molecule has 0 radical (unpaired) electrons. The Morgan fingerprint density at radius 1 is 1.10 bits per heavy atom. The molecule has 0 spiro atoms. The highest BCUT2D eigenvalue weighted by atomic mass is 32.2. The second kappa shape index (κ2) is 10.7. The van der Waals surface area contributed by atoms with Crippen molar-refractivity contribution in [3.05, 3.63) is 60.2 Å². The van der Waals surface area contributed by atoms with Gasteiger partial charge in [0, 0.05) is 18.8 Å². The smallest absolute Gasteiger partial charge is 0.244 e. The Balaban J connectivity index is 2.50. The number of carbonyl (C=O) groups excluding carboxylic acids is 1. The van der Waals surface area contributed by atoms with Crippen LogP contribution in [-0.4, -0.2) is 44.1 Å². The predicted octanol–water partition coefficient (Wildman–Crippen LogP) is 2.96. The van der Waals surface area contributed by atoms with Crippen molar-refractivity contribution in [3.8, 4) is 5.75 Å². The maximum absolute atomic E-state index is 13.6. The molecule has 2 aromatic carbocycles. The van der Waals surface area contributed by atoms with E-state index in [9.17, 15) is 13.2 Å². The fourth-order valence-electron chi connectivity index (χ4n) is 3.03. The van der Waals surface area contributed by atoms with Gasteiger partial charge in [-0.1, -0.05) is 44.2 Å². The number of methoxy groups -OCH3 is 1. The van der Waals surface area contributed by atoms with Crippen molar-refractivity contribution < 1.29 is 17.9 Å². The summed E-state index contributed by atoms with van der Waals surface area (Å²) in [6.45, 7) is 4.14. The number of ether oxygens (including phenoxy) is 1. The van der Waals surface area contributed by atoms with Crippen LogP contribution in [0.1, 0.15) is 19.4 Å². The minimum absolute atomic E-state index is 0.0896. The lowest BCUT2D eigenvalue weighted by Crippen LogP contribution is -2.52. The first-order chi connectivity index (χ1) is 13.8. The molecule has 158 valence electrons. The van der Waals surface area contributed by atoms with E-state index in [-0.39, 0.29) is 23.3 Å². The molecule has 2 rings (SSSR count). The summed E-state index contributed by atoms with van der Waals surface area (Å²) in [6, 6.07) is 14.6. The van der Waals surface area contributed by atoms with Gasteiger partial charge in [0.25, 0.3) is 0 Å². The van der Waals surface area contributed by atoms with Crippen LogP contribution in [0, 0.1) is 5.92 Å². The zero-order valence-corrected chi connectivity index (χ0v) is 18.6. The summed E-state index contributed by atoms with van der Waals surface area (Å²) in [4.78, 5) is 13.0. The molecule has 1 amide bonds. The molecule has 1 atom stereocenters. The number of sulfonamides is 1. The minimum atomic E-state index is -3.94. The number of amides is 1. The van der Waals surface area contributed by atoms with Crippen molar-refractivity contribution in [2.24, 2.45) is 5.92 Å². The first-order valence-corrected chi connectivity index (χ1v) is 11.5. The van der Waals surface area contributed by atoms with E-state index < -0.39 is 16.1 Å². The van der Waals surface area contributed by atoms with Gasteiger partial charge in [0.05, 0.1) is 12.0 Å². The maximum Gasteiger partial charge on any atom is 0.244 e. The number of benzene rings is 2. The minimum Gasteiger partial charge on any atom is -0.497 e. The normalized spacial score (nSPS) is 12.8. The first-order valence-electron chi connectivity index (χ1n) is 9.39. The first kappa shape index (κ1) is 23.3. The van der Waals surface area contributed by atoms with Gasteiger partial charge in [-0.25, -0.2) is 8.42 Å². The fraction of sp³-hybridized carbons (Fsp3) is 0.381. The second-order valence-corrected chi connectivity index (χ2v) is 9.25.